The van der Waals surface area contributed by atoms with Gasteiger partial charge in [0.25, 0.3) is 0 Å². The Morgan fingerprint density at radius 2 is 1.69 bits per heavy atom. The summed E-state index contributed by atoms with van der Waals surface area (Å²) in [5, 5.41) is 0. The first-order chi connectivity index (χ1) is 12.6. The lowest BCUT2D eigenvalue weighted by Crippen LogP contribution is -2.42. The standard InChI is InChI=1S/C23H29NO2/c1-18(2)23(25)24(20-11-5-3-6-12-20)17-19-10-9-15-22(16-19)26-21-13-7-4-8-14-21/h4,7-10,13-16,18,20H,3,5-6,11-12,17H2,1-2H3. The van der Waals surface area contributed by atoms with E-state index in [1.165, 1.54) is 19.3 Å². The Hall–Kier alpha value is -2.29. The molecule has 1 amide bonds. The molecule has 0 atom stereocenters. The fourth-order valence-electron chi connectivity index (χ4n) is 3.64. The number of benzene rings is 2. The molecular weight excluding hydrogens is 322 g/mol. The smallest absolute Gasteiger partial charge is 0.225 e. The quantitative estimate of drug-likeness (QED) is 0.658. The zero-order valence-corrected chi connectivity index (χ0v) is 15.9. The lowest BCUT2D eigenvalue weighted by Gasteiger charge is -2.35. The van der Waals surface area contributed by atoms with Gasteiger partial charge in [-0.2, -0.15) is 0 Å². The number of rotatable bonds is 6. The van der Waals surface area contributed by atoms with Crippen LogP contribution in [0.1, 0.15) is 51.5 Å². The Balaban J connectivity index is 1.75. The molecule has 0 radical (unpaired) electrons. The number of hydrogen-bond donors (Lipinski definition) is 0. The molecule has 0 bridgehead atoms. The lowest BCUT2D eigenvalue weighted by molar-refractivity contribution is -0.138. The van der Waals surface area contributed by atoms with Gasteiger partial charge in [0.15, 0.2) is 0 Å². The minimum Gasteiger partial charge on any atom is -0.457 e. The normalized spacial score (nSPS) is 15.0. The molecule has 0 aromatic heterocycles. The van der Waals surface area contributed by atoms with Crippen molar-refractivity contribution >= 4 is 5.91 Å². The number of hydrogen-bond acceptors (Lipinski definition) is 2. The number of carbonyl (C=O) groups excluding carboxylic acids is 1. The van der Waals surface area contributed by atoms with Gasteiger partial charge in [-0.25, -0.2) is 0 Å². The van der Waals surface area contributed by atoms with E-state index in [0.717, 1.165) is 29.9 Å². The van der Waals surface area contributed by atoms with E-state index in [1.807, 2.05) is 56.3 Å². The minimum atomic E-state index is 0.0284. The van der Waals surface area contributed by atoms with Crippen molar-refractivity contribution in [3.8, 4) is 11.5 Å². The first-order valence-electron chi connectivity index (χ1n) is 9.76. The third-order valence-electron chi connectivity index (χ3n) is 5.02. The third-order valence-corrected chi connectivity index (χ3v) is 5.02. The molecule has 0 unspecified atom stereocenters. The molecule has 0 spiro atoms. The molecule has 0 heterocycles. The molecule has 3 nitrogen and oxygen atoms in total. The van der Waals surface area contributed by atoms with Crippen LogP contribution >= 0.6 is 0 Å². The molecule has 1 fully saturated rings. The van der Waals surface area contributed by atoms with Gasteiger partial charge in [0.1, 0.15) is 11.5 Å². The van der Waals surface area contributed by atoms with E-state index in [1.54, 1.807) is 0 Å². The Bertz CT molecular complexity index is 705. The summed E-state index contributed by atoms with van der Waals surface area (Å²) >= 11 is 0. The molecule has 1 aliphatic carbocycles. The largest absolute Gasteiger partial charge is 0.457 e. The van der Waals surface area contributed by atoms with Gasteiger partial charge >= 0.3 is 0 Å². The van der Waals surface area contributed by atoms with Crippen LogP contribution in [-0.2, 0) is 11.3 Å². The van der Waals surface area contributed by atoms with Crippen molar-refractivity contribution < 1.29 is 9.53 Å². The lowest BCUT2D eigenvalue weighted by atomic mass is 9.93. The summed E-state index contributed by atoms with van der Waals surface area (Å²) in [5.74, 6) is 1.92. The molecule has 3 rings (SSSR count). The summed E-state index contributed by atoms with van der Waals surface area (Å²) in [6.07, 6.45) is 5.99. The molecule has 1 aliphatic rings. The molecule has 2 aromatic carbocycles. The van der Waals surface area contributed by atoms with Crippen LogP contribution in [0.4, 0.5) is 0 Å². The van der Waals surface area contributed by atoms with Crippen LogP contribution in [0.3, 0.4) is 0 Å². The van der Waals surface area contributed by atoms with Crippen molar-refractivity contribution in [3.63, 3.8) is 0 Å². The predicted molar refractivity (Wildman–Crippen MR) is 105 cm³/mol. The van der Waals surface area contributed by atoms with Crippen molar-refractivity contribution in [1.29, 1.82) is 0 Å². The van der Waals surface area contributed by atoms with Gasteiger partial charge in [0, 0.05) is 18.5 Å². The van der Waals surface area contributed by atoms with Crippen LogP contribution in [0.5, 0.6) is 11.5 Å². The monoisotopic (exact) mass is 351 g/mol. The van der Waals surface area contributed by atoms with Gasteiger partial charge in [0.05, 0.1) is 0 Å². The molecule has 26 heavy (non-hydrogen) atoms. The van der Waals surface area contributed by atoms with Crippen molar-refractivity contribution in [2.75, 3.05) is 0 Å². The summed E-state index contributed by atoms with van der Waals surface area (Å²) in [5.41, 5.74) is 1.12. The maximum atomic E-state index is 12.8. The highest BCUT2D eigenvalue weighted by Crippen LogP contribution is 2.27. The molecule has 0 aliphatic heterocycles. The summed E-state index contributed by atoms with van der Waals surface area (Å²) in [6, 6.07) is 18.3. The van der Waals surface area contributed by atoms with Crippen molar-refractivity contribution in [1.82, 2.24) is 4.90 Å². The van der Waals surface area contributed by atoms with Gasteiger partial charge in [0.2, 0.25) is 5.91 Å². The van der Waals surface area contributed by atoms with Crippen LogP contribution in [0.15, 0.2) is 54.6 Å². The maximum absolute atomic E-state index is 12.8. The average molecular weight is 351 g/mol. The zero-order chi connectivity index (χ0) is 18.4. The van der Waals surface area contributed by atoms with Crippen molar-refractivity contribution in [2.24, 2.45) is 5.92 Å². The second kappa shape index (κ2) is 8.88. The van der Waals surface area contributed by atoms with E-state index < -0.39 is 0 Å². The van der Waals surface area contributed by atoms with E-state index in [9.17, 15) is 4.79 Å². The second-order valence-corrected chi connectivity index (χ2v) is 7.48. The Morgan fingerprint density at radius 3 is 2.38 bits per heavy atom. The molecule has 3 heteroatoms. The van der Waals surface area contributed by atoms with Gasteiger partial charge in [-0.1, -0.05) is 63.4 Å². The first kappa shape index (κ1) is 18.5. The van der Waals surface area contributed by atoms with E-state index in [2.05, 4.69) is 17.0 Å². The molecule has 2 aromatic rings. The van der Waals surface area contributed by atoms with E-state index >= 15 is 0 Å². The van der Waals surface area contributed by atoms with Crippen LogP contribution in [0.25, 0.3) is 0 Å². The van der Waals surface area contributed by atoms with Crippen LogP contribution in [0, 0.1) is 5.92 Å². The Labute approximate surface area is 157 Å². The van der Waals surface area contributed by atoms with Gasteiger partial charge < -0.3 is 9.64 Å². The fraction of sp³-hybridized carbons (Fsp3) is 0.435. The Morgan fingerprint density at radius 1 is 1.00 bits per heavy atom. The van der Waals surface area contributed by atoms with Crippen LogP contribution in [-0.4, -0.2) is 16.8 Å². The van der Waals surface area contributed by atoms with Gasteiger partial charge in [-0.15, -0.1) is 0 Å². The van der Waals surface area contributed by atoms with Gasteiger partial charge in [-0.3, -0.25) is 4.79 Å². The van der Waals surface area contributed by atoms with Crippen molar-refractivity contribution in [3.05, 3.63) is 60.2 Å². The molecule has 0 saturated heterocycles. The zero-order valence-electron chi connectivity index (χ0n) is 15.9. The molecule has 138 valence electrons. The highest BCUT2D eigenvalue weighted by atomic mass is 16.5. The summed E-state index contributed by atoms with van der Waals surface area (Å²) < 4.78 is 5.95. The number of para-hydroxylation sites is 1. The number of amides is 1. The third kappa shape index (κ3) is 4.87. The van der Waals surface area contributed by atoms with Crippen LogP contribution < -0.4 is 4.74 Å². The molecule has 1 saturated carbocycles. The maximum Gasteiger partial charge on any atom is 0.225 e. The Kier molecular flexibility index (Phi) is 6.32. The minimum absolute atomic E-state index is 0.0284. The SMILES string of the molecule is CC(C)C(=O)N(Cc1cccc(Oc2ccccc2)c1)C1CCCCC1. The molecular formula is C23H29NO2. The summed E-state index contributed by atoms with van der Waals surface area (Å²) in [4.78, 5) is 14.9. The van der Waals surface area contributed by atoms with E-state index in [4.69, 9.17) is 4.74 Å². The van der Waals surface area contributed by atoms with Crippen LogP contribution in [0.2, 0.25) is 0 Å². The highest BCUT2D eigenvalue weighted by Gasteiger charge is 2.27. The number of nitrogens with zero attached hydrogens (tertiary/aromatic N) is 1. The van der Waals surface area contributed by atoms with Crippen molar-refractivity contribution in [2.45, 2.75) is 58.5 Å². The highest BCUT2D eigenvalue weighted by molar-refractivity contribution is 5.78. The topological polar surface area (TPSA) is 29.5 Å². The molecule has 0 N–H and O–H groups in total. The summed E-state index contributed by atoms with van der Waals surface area (Å²) in [6.45, 7) is 4.65. The number of ether oxygens (including phenoxy) is 1. The fourth-order valence-corrected chi connectivity index (χ4v) is 3.64. The van der Waals surface area contributed by atoms with Gasteiger partial charge in [-0.05, 0) is 42.7 Å². The predicted octanol–water partition coefficient (Wildman–Crippen LogP) is 5.80. The first-order valence-corrected chi connectivity index (χ1v) is 9.76. The summed E-state index contributed by atoms with van der Waals surface area (Å²) in [7, 11) is 0. The number of carbonyl (C=O) groups is 1. The second-order valence-electron chi connectivity index (χ2n) is 7.48. The van der Waals surface area contributed by atoms with E-state index in [-0.39, 0.29) is 11.8 Å². The average Bonchev–Trinajstić information content (AvgIpc) is 2.67. The van der Waals surface area contributed by atoms with E-state index in [0.29, 0.717) is 12.6 Å².